The normalized spacial score (nSPS) is 12.9. The van der Waals surface area contributed by atoms with Gasteiger partial charge in [0.15, 0.2) is 0 Å². The van der Waals surface area contributed by atoms with Crippen LogP contribution in [-0.2, 0) is 6.54 Å². The molecular weight excluding hydrogens is 476 g/mol. The zero-order chi connectivity index (χ0) is 26.1. The second-order valence-electron chi connectivity index (χ2n) is 10.6. The SMILES string of the molecule is Cc1ccc(-n2c3c(c4cc(-c5ccc6c(c5)c5[nH]ccc5n6-c5ccc(C)cc5)ccc42)CNC=C3)cc1. The predicted octanol–water partition coefficient (Wildman–Crippen LogP) is 8.41. The molecule has 188 valence electrons. The van der Waals surface area contributed by atoms with Gasteiger partial charge in [0.25, 0.3) is 0 Å². The minimum Gasteiger partial charge on any atom is -0.387 e. The summed E-state index contributed by atoms with van der Waals surface area (Å²) in [6.07, 6.45) is 6.29. The Morgan fingerprint density at radius 1 is 0.615 bits per heavy atom. The van der Waals surface area contributed by atoms with Gasteiger partial charge in [0.05, 0.1) is 27.8 Å². The molecule has 0 bridgehead atoms. The number of hydrogen-bond donors (Lipinski definition) is 2. The fourth-order valence-electron chi connectivity index (χ4n) is 6.16. The van der Waals surface area contributed by atoms with E-state index in [1.165, 1.54) is 77.7 Å². The van der Waals surface area contributed by atoms with E-state index in [9.17, 15) is 0 Å². The van der Waals surface area contributed by atoms with Gasteiger partial charge in [-0.1, -0.05) is 47.5 Å². The maximum atomic E-state index is 3.50. The number of aromatic amines is 1. The monoisotopic (exact) mass is 504 g/mol. The third-order valence-corrected chi connectivity index (χ3v) is 8.14. The van der Waals surface area contributed by atoms with Crippen molar-refractivity contribution in [2.75, 3.05) is 0 Å². The predicted molar refractivity (Wildman–Crippen MR) is 163 cm³/mol. The quantitative estimate of drug-likeness (QED) is 0.249. The van der Waals surface area contributed by atoms with E-state index in [2.05, 4.69) is 137 Å². The molecule has 4 nitrogen and oxygen atoms in total. The van der Waals surface area contributed by atoms with Crippen molar-refractivity contribution in [3.8, 4) is 22.5 Å². The first-order valence-electron chi connectivity index (χ1n) is 13.5. The lowest BCUT2D eigenvalue weighted by Crippen LogP contribution is -2.10. The number of hydrogen-bond acceptors (Lipinski definition) is 1. The molecule has 1 aliphatic rings. The number of nitrogens with zero attached hydrogens (tertiary/aromatic N) is 2. The summed E-state index contributed by atoms with van der Waals surface area (Å²) in [5, 5.41) is 5.96. The molecule has 0 radical (unpaired) electrons. The molecule has 0 saturated heterocycles. The Hall–Kier alpha value is -4.96. The van der Waals surface area contributed by atoms with Gasteiger partial charge in [-0.3, -0.25) is 0 Å². The van der Waals surface area contributed by atoms with Crippen molar-refractivity contribution < 1.29 is 0 Å². The molecule has 0 unspecified atom stereocenters. The topological polar surface area (TPSA) is 37.7 Å². The lowest BCUT2D eigenvalue weighted by atomic mass is 10.00. The molecule has 0 spiro atoms. The second-order valence-corrected chi connectivity index (χ2v) is 10.6. The van der Waals surface area contributed by atoms with Crippen LogP contribution in [0.3, 0.4) is 0 Å². The largest absolute Gasteiger partial charge is 0.387 e. The van der Waals surface area contributed by atoms with Gasteiger partial charge in [-0.15, -0.1) is 0 Å². The number of aryl methyl sites for hydroxylation is 2. The summed E-state index contributed by atoms with van der Waals surface area (Å²) in [5.74, 6) is 0. The first-order chi connectivity index (χ1) is 19.2. The molecule has 7 aromatic rings. The molecule has 4 heteroatoms. The van der Waals surface area contributed by atoms with Crippen LogP contribution in [0.4, 0.5) is 0 Å². The van der Waals surface area contributed by atoms with Crippen LogP contribution in [0.25, 0.3) is 61.4 Å². The minimum absolute atomic E-state index is 0.826. The molecule has 0 atom stereocenters. The van der Waals surface area contributed by atoms with E-state index in [4.69, 9.17) is 0 Å². The van der Waals surface area contributed by atoms with Gasteiger partial charge in [0, 0.05) is 40.5 Å². The van der Waals surface area contributed by atoms with Gasteiger partial charge in [0.2, 0.25) is 0 Å². The van der Waals surface area contributed by atoms with E-state index in [0.29, 0.717) is 0 Å². The Morgan fingerprint density at radius 2 is 1.23 bits per heavy atom. The van der Waals surface area contributed by atoms with Crippen molar-refractivity contribution in [2.45, 2.75) is 20.4 Å². The van der Waals surface area contributed by atoms with Crippen LogP contribution in [0.15, 0.2) is 103 Å². The van der Waals surface area contributed by atoms with Crippen molar-refractivity contribution in [1.29, 1.82) is 0 Å². The van der Waals surface area contributed by atoms with Crippen molar-refractivity contribution in [1.82, 2.24) is 19.4 Å². The number of rotatable bonds is 3. The number of H-pyrrole nitrogens is 1. The molecule has 1 aliphatic heterocycles. The zero-order valence-corrected chi connectivity index (χ0v) is 22.0. The van der Waals surface area contributed by atoms with Gasteiger partial charge in [-0.05, 0) is 91.8 Å². The first-order valence-corrected chi connectivity index (χ1v) is 13.5. The molecular formula is C35H28N4. The molecule has 0 fully saturated rings. The summed E-state index contributed by atoms with van der Waals surface area (Å²) in [5.41, 5.74) is 14.8. The molecule has 2 N–H and O–H groups in total. The smallest absolute Gasteiger partial charge is 0.0720 e. The highest BCUT2D eigenvalue weighted by Crippen LogP contribution is 2.38. The van der Waals surface area contributed by atoms with E-state index in [-0.39, 0.29) is 0 Å². The summed E-state index contributed by atoms with van der Waals surface area (Å²) in [7, 11) is 0. The van der Waals surface area contributed by atoms with Gasteiger partial charge >= 0.3 is 0 Å². The molecule has 0 saturated carbocycles. The average molecular weight is 505 g/mol. The summed E-state index contributed by atoms with van der Waals surface area (Å²) in [6.45, 7) is 5.09. The fraction of sp³-hybridized carbons (Fsp3) is 0.0857. The van der Waals surface area contributed by atoms with Crippen LogP contribution < -0.4 is 5.32 Å². The lowest BCUT2D eigenvalue weighted by molar-refractivity contribution is 0.855. The van der Waals surface area contributed by atoms with Crippen LogP contribution in [0, 0.1) is 13.8 Å². The van der Waals surface area contributed by atoms with Crippen molar-refractivity contribution in [3.63, 3.8) is 0 Å². The Balaban J connectivity index is 1.31. The molecule has 39 heavy (non-hydrogen) atoms. The Labute approximate surface area is 226 Å². The molecule has 0 amide bonds. The van der Waals surface area contributed by atoms with E-state index in [1.807, 2.05) is 6.20 Å². The van der Waals surface area contributed by atoms with Crippen LogP contribution >= 0.6 is 0 Å². The van der Waals surface area contributed by atoms with Gasteiger partial charge in [0.1, 0.15) is 0 Å². The second kappa shape index (κ2) is 8.27. The third-order valence-electron chi connectivity index (χ3n) is 8.14. The first kappa shape index (κ1) is 22.1. The highest BCUT2D eigenvalue weighted by Gasteiger charge is 2.20. The third kappa shape index (κ3) is 3.31. The van der Waals surface area contributed by atoms with Gasteiger partial charge < -0.3 is 19.4 Å². The Bertz CT molecular complexity index is 2060. The van der Waals surface area contributed by atoms with Gasteiger partial charge in [-0.25, -0.2) is 0 Å². The summed E-state index contributed by atoms with van der Waals surface area (Å²) >= 11 is 0. The zero-order valence-electron chi connectivity index (χ0n) is 22.0. The maximum Gasteiger partial charge on any atom is 0.0720 e. The van der Waals surface area contributed by atoms with Crippen LogP contribution in [0.5, 0.6) is 0 Å². The van der Waals surface area contributed by atoms with E-state index < -0.39 is 0 Å². The number of fused-ring (bicyclic) bond motifs is 6. The van der Waals surface area contributed by atoms with Crippen molar-refractivity contribution in [3.05, 3.63) is 126 Å². The maximum absolute atomic E-state index is 3.50. The standard InChI is InChI=1S/C35H28N4/c1-22-3-9-26(10-4-22)38-31-13-7-24(19-28(31)30-21-36-17-15-33(30)38)25-8-14-32-29(20-25)35-34(16-18-37-35)39(32)27-11-5-23(2)6-12-27/h3-20,36-37H,21H2,1-2H3. The number of nitrogens with one attached hydrogen (secondary N) is 2. The van der Waals surface area contributed by atoms with E-state index in [1.54, 1.807) is 0 Å². The van der Waals surface area contributed by atoms with E-state index in [0.717, 1.165) is 6.54 Å². The van der Waals surface area contributed by atoms with Gasteiger partial charge in [-0.2, -0.15) is 0 Å². The highest BCUT2D eigenvalue weighted by atomic mass is 15.0. The highest BCUT2D eigenvalue weighted by molar-refractivity contribution is 6.09. The molecule has 0 aliphatic carbocycles. The average Bonchev–Trinajstić information content (AvgIpc) is 3.65. The van der Waals surface area contributed by atoms with Crippen molar-refractivity contribution in [2.24, 2.45) is 0 Å². The number of aromatic nitrogens is 3. The summed E-state index contributed by atoms with van der Waals surface area (Å²) in [4.78, 5) is 3.50. The van der Waals surface area contributed by atoms with Crippen LogP contribution in [-0.4, -0.2) is 14.1 Å². The summed E-state index contributed by atoms with van der Waals surface area (Å²) < 4.78 is 4.74. The Kier molecular flexibility index (Phi) is 4.68. The Morgan fingerprint density at radius 3 is 1.92 bits per heavy atom. The van der Waals surface area contributed by atoms with Crippen LogP contribution in [0.1, 0.15) is 22.4 Å². The molecule has 4 aromatic carbocycles. The summed E-state index contributed by atoms with van der Waals surface area (Å²) in [6, 6.07) is 33.5. The molecule has 4 heterocycles. The molecule has 3 aromatic heterocycles. The van der Waals surface area contributed by atoms with Crippen LogP contribution in [0.2, 0.25) is 0 Å². The molecule has 8 rings (SSSR count). The number of benzene rings is 4. The van der Waals surface area contributed by atoms with Crippen molar-refractivity contribution >= 4 is 38.9 Å². The lowest BCUT2D eigenvalue weighted by Gasteiger charge is -2.13. The minimum atomic E-state index is 0.826. The fourth-order valence-corrected chi connectivity index (χ4v) is 6.16. The van der Waals surface area contributed by atoms with E-state index >= 15 is 0 Å².